The van der Waals surface area contributed by atoms with Crippen molar-refractivity contribution in [2.75, 3.05) is 5.75 Å². The standard InChI is InChI=1S/C15H15F2N3O4S2/c16-11-12(17)14(20-6-4-9(21)19-15(20)23)24-8(13(11)22)7-25-26-10-3-1-2-5-18-10/h1-6,8,11-14,22H,7H2,(H,19,21,23)/t8-,11-,12-,13-,14-/m1/s1. The monoisotopic (exact) mass is 403 g/mol. The molecule has 0 bridgehead atoms. The molecule has 3 heterocycles. The lowest BCUT2D eigenvalue weighted by Gasteiger charge is -2.38. The van der Waals surface area contributed by atoms with Crippen molar-refractivity contribution in [1.82, 2.24) is 14.5 Å². The van der Waals surface area contributed by atoms with Crippen molar-refractivity contribution < 1.29 is 18.6 Å². The summed E-state index contributed by atoms with van der Waals surface area (Å²) in [6, 6.07) is 6.38. The second-order valence-electron chi connectivity index (χ2n) is 5.50. The van der Waals surface area contributed by atoms with Crippen molar-refractivity contribution >= 4 is 21.6 Å². The molecule has 140 valence electrons. The van der Waals surface area contributed by atoms with Gasteiger partial charge >= 0.3 is 5.69 Å². The number of nitrogens with one attached hydrogen (secondary N) is 1. The third-order valence-corrected chi connectivity index (χ3v) is 6.01. The van der Waals surface area contributed by atoms with E-state index in [9.17, 15) is 23.5 Å². The molecule has 1 aliphatic rings. The van der Waals surface area contributed by atoms with Crippen molar-refractivity contribution in [2.45, 2.75) is 35.8 Å². The van der Waals surface area contributed by atoms with Crippen LogP contribution in [0.2, 0.25) is 0 Å². The number of aromatic amines is 1. The lowest BCUT2D eigenvalue weighted by Crippen LogP contribution is -2.54. The average Bonchev–Trinajstić information content (AvgIpc) is 2.63. The molecule has 2 N–H and O–H groups in total. The van der Waals surface area contributed by atoms with Gasteiger partial charge in [-0.3, -0.25) is 14.3 Å². The maximum Gasteiger partial charge on any atom is 0.330 e. The van der Waals surface area contributed by atoms with Crippen LogP contribution < -0.4 is 11.2 Å². The summed E-state index contributed by atoms with van der Waals surface area (Å²) in [6.07, 6.45) is -6.10. The van der Waals surface area contributed by atoms with Gasteiger partial charge in [-0.05, 0) is 22.9 Å². The minimum absolute atomic E-state index is 0.143. The summed E-state index contributed by atoms with van der Waals surface area (Å²) < 4.78 is 34.7. The van der Waals surface area contributed by atoms with E-state index in [4.69, 9.17) is 4.74 Å². The van der Waals surface area contributed by atoms with Crippen molar-refractivity contribution in [3.63, 3.8) is 0 Å². The topological polar surface area (TPSA) is 97.2 Å². The molecular weight excluding hydrogens is 388 g/mol. The number of halogens is 2. The Morgan fingerprint density at radius 1 is 1.27 bits per heavy atom. The maximum atomic E-state index is 14.3. The van der Waals surface area contributed by atoms with Gasteiger partial charge in [0.15, 0.2) is 18.6 Å². The number of pyridine rings is 1. The van der Waals surface area contributed by atoms with Crippen LogP contribution in [-0.2, 0) is 4.74 Å². The quantitative estimate of drug-likeness (QED) is 0.727. The van der Waals surface area contributed by atoms with Gasteiger partial charge in [0.25, 0.3) is 5.56 Å². The summed E-state index contributed by atoms with van der Waals surface area (Å²) in [7, 11) is 2.56. The minimum atomic E-state index is -2.25. The Morgan fingerprint density at radius 2 is 2.08 bits per heavy atom. The zero-order valence-electron chi connectivity index (χ0n) is 13.2. The number of hydrogen-bond acceptors (Lipinski definition) is 7. The van der Waals surface area contributed by atoms with Crippen LogP contribution in [0.1, 0.15) is 6.23 Å². The Kier molecular flexibility index (Phi) is 6.12. The summed E-state index contributed by atoms with van der Waals surface area (Å²) in [5.74, 6) is 0.143. The molecule has 0 aromatic carbocycles. The van der Waals surface area contributed by atoms with Gasteiger partial charge in [-0.25, -0.2) is 18.6 Å². The van der Waals surface area contributed by atoms with Crippen LogP contribution in [0.3, 0.4) is 0 Å². The summed E-state index contributed by atoms with van der Waals surface area (Å²) in [6.45, 7) is 0. The van der Waals surface area contributed by atoms with E-state index < -0.39 is 42.0 Å². The van der Waals surface area contributed by atoms with Gasteiger partial charge in [0.1, 0.15) is 11.1 Å². The number of hydrogen-bond donors (Lipinski definition) is 2. The number of aliphatic hydroxyl groups is 1. The number of nitrogens with zero attached hydrogens (tertiary/aromatic N) is 2. The fourth-order valence-electron chi connectivity index (χ4n) is 2.43. The van der Waals surface area contributed by atoms with Crippen molar-refractivity contribution in [1.29, 1.82) is 0 Å². The molecule has 0 amide bonds. The smallest absolute Gasteiger partial charge is 0.330 e. The summed E-state index contributed by atoms with van der Waals surface area (Å²) in [4.78, 5) is 29.1. The van der Waals surface area contributed by atoms with E-state index in [-0.39, 0.29) is 5.75 Å². The second kappa shape index (κ2) is 8.33. The number of aromatic nitrogens is 3. The molecule has 2 aromatic rings. The highest BCUT2D eigenvalue weighted by Gasteiger charge is 2.47. The van der Waals surface area contributed by atoms with E-state index in [1.54, 1.807) is 18.3 Å². The zero-order chi connectivity index (χ0) is 18.7. The van der Waals surface area contributed by atoms with Gasteiger partial charge in [-0.2, -0.15) is 0 Å². The average molecular weight is 403 g/mol. The number of H-pyrrole nitrogens is 1. The molecule has 2 aromatic heterocycles. The Labute approximate surface area is 154 Å². The van der Waals surface area contributed by atoms with Crippen molar-refractivity contribution in [3.05, 3.63) is 57.5 Å². The van der Waals surface area contributed by atoms with Crippen LogP contribution in [0.5, 0.6) is 0 Å². The highest BCUT2D eigenvalue weighted by molar-refractivity contribution is 8.76. The molecular formula is C15H15F2N3O4S2. The predicted molar refractivity (Wildman–Crippen MR) is 93.6 cm³/mol. The number of rotatable bonds is 5. The van der Waals surface area contributed by atoms with E-state index in [0.717, 1.165) is 21.9 Å². The van der Waals surface area contributed by atoms with Crippen molar-refractivity contribution in [2.24, 2.45) is 0 Å². The normalized spacial score (nSPS) is 28.8. The van der Waals surface area contributed by atoms with E-state index in [0.29, 0.717) is 0 Å². The van der Waals surface area contributed by atoms with Crippen LogP contribution in [0, 0.1) is 0 Å². The maximum absolute atomic E-state index is 14.3. The number of alkyl halides is 2. The minimum Gasteiger partial charge on any atom is -0.387 e. The van der Waals surface area contributed by atoms with E-state index in [1.807, 2.05) is 11.1 Å². The first-order chi connectivity index (χ1) is 12.5. The molecule has 0 aliphatic carbocycles. The third-order valence-electron chi connectivity index (χ3n) is 3.74. The molecule has 0 spiro atoms. The summed E-state index contributed by atoms with van der Waals surface area (Å²) in [5.41, 5.74) is -1.57. The Morgan fingerprint density at radius 3 is 2.77 bits per heavy atom. The first-order valence-electron chi connectivity index (χ1n) is 7.61. The molecule has 0 saturated carbocycles. The molecule has 1 fully saturated rings. The fourth-order valence-corrected chi connectivity index (χ4v) is 4.53. The van der Waals surface area contributed by atoms with E-state index in [1.165, 1.54) is 21.6 Å². The predicted octanol–water partition coefficient (Wildman–Crippen LogP) is 1.31. The van der Waals surface area contributed by atoms with Gasteiger partial charge in [0, 0.05) is 24.2 Å². The summed E-state index contributed by atoms with van der Waals surface area (Å²) >= 11 is 0. The molecule has 0 radical (unpaired) electrons. The van der Waals surface area contributed by atoms with Crippen LogP contribution in [-0.4, -0.2) is 49.9 Å². The van der Waals surface area contributed by atoms with E-state index >= 15 is 0 Å². The van der Waals surface area contributed by atoms with Gasteiger partial charge in [-0.15, -0.1) is 0 Å². The molecule has 1 aliphatic heterocycles. The Hall–Kier alpha value is -1.69. The lowest BCUT2D eigenvalue weighted by atomic mass is 10.0. The van der Waals surface area contributed by atoms with Gasteiger partial charge in [-0.1, -0.05) is 16.9 Å². The SMILES string of the molecule is O=c1ccn([C@@H]2O[C@H](CSSc3ccccn3)[C@@H](O)[C@H](F)[C@H]2F)c(=O)[nH]1. The highest BCUT2D eigenvalue weighted by Crippen LogP contribution is 2.36. The van der Waals surface area contributed by atoms with Gasteiger partial charge in [0.05, 0.1) is 6.10 Å². The molecule has 11 heteroatoms. The fraction of sp³-hybridized carbons (Fsp3) is 0.400. The van der Waals surface area contributed by atoms with Crippen molar-refractivity contribution in [3.8, 4) is 0 Å². The number of aliphatic hydroxyl groups excluding tert-OH is 1. The highest BCUT2D eigenvalue weighted by atomic mass is 33.1. The number of ether oxygens (including phenoxy) is 1. The van der Waals surface area contributed by atoms with Gasteiger partial charge < -0.3 is 9.84 Å². The largest absolute Gasteiger partial charge is 0.387 e. The lowest BCUT2D eigenvalue weighted by molar-refractivity contribution is -0.204. The van der Waals surface area contributed by atoms with E-state index in [2.05, 4.69) is 4.98 Å². The first-order valence-corrected chi connectivity index (χ1v) is 9.93. The zero-order valence-corrected chi connectivity index (χ0v) is 14.8. The molecule has 5 atom stereocenters. The molecule has 0 unspecified atom stereocenters. The molecule has 7 nitrogen and oxygen atoms in total. The molecule has 26 heavy (non-hydrogen) atoms. The van der Waals surface area contributed by atoms with Crippen LogP contribution in [0.15, 0.2) is 51.3 Å². The Balaban J connectivity index is 1.72. The van der Waals surface area contributed by atoms with Crippen LogP contribution >= 0.6 is 21.6 Å². The van der Waals surface area contributed by atoms with Crippen LogP contribution in [0.4, 0.5) is 8.78 Å². The van der Waals surface area contributed by atoms with Crippen LogP contribution in [0.25, 0.3) is 0 Å². The third kappa shape index (κ3) is 4.17. The van der Waals surface area contributed by atoms with Gasteiger partial charge in [0.2, 0.25) is 0 Å². The molecule has 3 rings (SSSR count). The first kappa shape index (κ1) is 19.1. The summed E-state index contributed by atoms with van der Waals surface area (Å²) in [5, 5.41) is 10.7. The molecule has 1 saturated heterocycles. The Bertz CT molecular complexity index is 851. The second-order valence-corrected chi connectivity index (χ2v) is 7.86.